The summed E-state index contributed by atoms with van der Waals surface area (Å²) in [4.78, 5) is 31.7. The van der Waals surface area contributed by atoms with Crippen molar-refractivity contribution in [1.82, 2.24) is 15.1 Å². The third-order valence-corrected chi connectivity index (χ3v) is 6.48. The second-order valence-electron chi connectivity index (χ2n) is 7.96. The van der Waals surface area contributed by atoms with Gasteiger partial charge >= 0.3 is 6.03 Å². The molecule has 0 aliphatic heterocycles. The molecule has 0 radical (unpaired) electrons. The number of carbonyl (C=O) groups excluding carboxylic acids is 2. The molecule has 1 aliphatic carbocycles. The van der Waals surface area contributed by atoms with E-state index in [2.05, 4.69) is 24.4 Å². The van der Waals surface area contributed by atoms with E-state index in [4.69, 9.17) is 9.47 Å². The number of nitrogens with one attached hydrogen (secondary N) is 1. The molecule has 2 aromatic rings. The van der Waals surface area contributed by atoms with Gasteiger partial charge in [0.1, 0.15) is 6.54 Å². The summed E-state index contributed by atoms with van der Waals surface area (Å²) in [5.74, 6) is 1.32. The van der Waals surface area contributed by atoms with Crippen molar-refractivity contribution in [2.24, 2.45) is 0 Å². The van der Waals surface area contributed by atoms with Gasteiger partial charge in [0.2, 0.25) is 5.91 Å². The zero-order valence-corrected chi connectivity index (χ0v) is 20.2. The number of rotatable bonds is 11. The third-order valence-electron chi connectivity index (χ3n) is 5.50. The minimum Gasteiger partial charge on any atom is -0.493 e. The fraction of sp³-hybridized carbons (Fsp3) is 0.500. The molecule has 0 saturated heterocycles. The summed E-state index contributed by atoms with van der Waals surface area (Å²) in [5, 5.41) is 2.84. The van der Waals surface area contributed by atoms with E-state index in [-0.39, 0.29) is 24.5 Å². The lowest BCUT2D eigenvalue weighted by molar-refractivity contribution is -0.132. The van der Waals surface area contributed by atoms with Crippen LogP contribution in [0, 0.1) is 6.92 Å². The third kappa shape index (κ3) is 6.38. The SMILES string of the molecule is CCNC(=O)N(CC(=O)N(CCc1ccc(OC)c(OC)c1)Cc1ccc(C)s1)C1CC1. The van der Waals surface area contributed by atoms with Crippen LogP contribution in [-0.2, 0) is 17.8 Å². The smallest absolute Gasteiger partial charge is 0.318 e. The van der Waals surface area contributed by atoms with Gasteiger partial charge in [-0.3, -0.25) is 4.79 Å². The fourth-order valence-corrected chi connectivity index (χ4v) is 4.51. The van der Waals surface area contributed by atoms with Gasteiger partial charge in [-0.15, -0.1) is 11.3 Å². The number of methoxy groups -OCH3 is 2. The summed E-state index contributed by atoms with van der Waals surface area (Å²) >= 11 is 1.69. The standard InChI is InChI=1S/C24H33N3O4S/c1-5-25-24(29)27(19-8-9-19)16-23(28)26(15-20-10-6-17(2)32-20)13-12-18-7-11-21(30-3)22(14-18)31-4/h6-7,10-11,14,19H,5,8-9,12-13,15-16H2,1-4H3,(H,25,29). The highest BCUT2D eigenvalue weighted by atomic mass is 32.1. The second kappa shape index (κ2) is 11.2. The van der Waals surface area contributed by atoms with Crippen molar-refractivity contribution in [2.75, 3.05) is 33.9 Å². The van der Waals surface area contributed by atoms with E-state index in [0.717, 1.165) is 23.3 Å². The molecular weight excluding hydrogens is 426 g/mol. The molecule has 1 aliphatic rings. The van der Waals surface area contributed by atoms with Gasteiger partial charge in [0, 0.05) is 28.9 Å². The number of nitrogens with zero attached hydrogens (tertiary/aromatic N) is 2. The van der Waals surface area contributed by atoms with Gasteiger partial charge in [-0.25, -0.2) is 4.79 Å². The van der Waals surface area contributed by atoms with Crippen molar-refractivity contribution >= 4 is 23.3 Å². The molecule has 3 amide bonds. The Morgan fingerprint density at radius 1 is 1.12 bits per heavy atom. The normalized spacial score (nSPS) is 12.9. The summed E-state index contributed by atoms with van der Waals surface area (Å²) in [7, 11) is 3.23. The van der Waals surface area contributed by atoms with E-state index in [1.54, 1.807) is 30.5 Å². The first-order valence-electron chi connectivity index (χ1n) is 11.0. The Hall–Kier alpha value is -2.74. The molecule has 32 heavy (non-hydrogen) atoms. The topological polar surface area (TPSA) is 71.1 Å². The number of carbonyl (C=O) groups is 2. The molecule has 0 atom stereocenters. The Labute approximate surface area is 194 Å². The molecule has 1 aromatic heterocycles. The molecule has 1 fully saturated rings. The Kier molecular flexibility index (Phi) is 8.39. The van der Waals surface area contributed by atoms with Crippen molar-refractivity contribution in [1.29, 1.82) is 0 Å². The molecule has 8 heteroatoms. The molecule has 0 spiro atoms. The molecule has 3 rings (SSSR count). The van der Waals surface area contributed by atoms with Crippen molar-refractivity contribution in [2.45, 2.75) is 45.7 Å². The van der Waals surface area contributed by atoms with Crippen LogP contribution in [0.5, 0.6) is 11.5 Å². The molecule has 174 valence electrons. The summed E-state index contributed by atoms with van der Waals surface area (Å²) in [6.07, 6.45) is 2.60. The highest BCUT2D eigenvalue weighted by molar-refractivity contribution is 7.11. The van der Waals surface area contributed by atoms with Crippen LogP contribution in [-0.4, -0.2) is 61.6 Å². The monoisotopic (exact) mass is 459 g/mol. The molecule has 7 nitrogen and oxygen atoms in total. The van der Waals surface area contributed by atoms with E-state index >= 15 is 0 Å². The Morgan fingerprint density at radius 3 is 2.47 bits per heavy atom. The maximum absolute atomic E-state index is 13.3. The first-order chi connectivity index (χ1) is 15.4. The molecule has 1 heterocycles. The number of aryl methyl sites for hydroxylation is 1. The first-order valence-corrected chi connectivity index (χ1v) is 11.8. The Morgan fingerprint density at radius 2 is 1.88 bits per heavy atom. The van der Waals surface area contributed by atoms with Gasteiger partial charge < -0.3 is 24.6 Å². The van der Waals surface area contributed by atoms with Crippen LogP contribution in [0.25, 0.3) is 0 Å². The zero-order valence-electron chi connectivity index (χ0n) is 19.3. The minimum absolute atomic E-state index is 0.0327. The lowest BCUT2D eigenvalue weighted by Gasteiger charge is -2.27. The number of urea groups is 1. The van der Waals surface area contributed by atoms with Crippen LogP contribution < -0.4 is 14.8 Å². The number of thiophene rings is 1. The van der Waals surface area contributed by atoms with Crippen molar-refractivity contribution < 1.29 is 19.1 Å². The zero-order chi connectivity index (χ0) is 23.1. The lowest BCUT2D eigenvalue weighted by Crippen LogP contribution is -2.47. The van der Waals surface area contributed by atoms with Crippen LogP contribution in [0.15, 0.2) is 30.3 Å². The van der Waals surface area contributed by atoms with E-state index in [9.17, 15) is 9.59 Å². The molecular formula is C24H33N3O4S. The van der Waals surface area contributed by atoms with Gasteiger partial charge in [-0.2, -0.15) is 0 Å². The van der Waals surface area contributed by atoms with Crippen LogP contribution in [0.2, 0.25) is 0 Å². The Bertz CT molecular complexity index is 926. The molecule has 0 unspecified atom stereocenters. The van der Waals surface area contributed by atoms with E-state index in [1.807, 2.05) is 30.0 Å². The molecule has 1 aromatic carbocycles. The molecule has 1 N–H and O–H groups in total. The number of ether oxygens (including phenoxy) is 2. The first kappa shape index (κ1) is 23.9. The fourth-order valence-electron chi connectivity index (χ4n) is 3.60. The van der Waals surface area contributed by atoms with E-state index < -0.39 is 0 Å². The van der Waals surface area contributed by atoms with Crippen LogP contribution in [0.1, 0.15) is 35.1 Å². The van der Waals surface area contributed by atoms with Crippen LogP contribution in [0.4, 0.5) is 4.79 Å². The predicted molar refractivity (Wildman–Crippen MR) is 127 cm³/mol. The van der Waals surface area contributed by atoms with Gasteiger partial charge in [0.15, 0.2) is 11.5 Å². The van der Waals surface area contributed by atoms with Crippen molar-refractivity contribution in [3.63, 3.8) is 0 Å². The van der Waals surface area contributed by atoms with Gasteiger partial charge in [0.25, 0.3) is 0 Å². The van der Waals surface area contributed by atoms with Crippen LogP contribution in [0.3, 0.4) is 0 Å². The number of benzene rings is 1. The summed E-state index contributed by atoms with van der Waals surface area (Å²) in [6.45, 7) is 5.70. The largest absolute Gasteiger partial charge is 0.493 e. The summed E-state index contributed by atoms with van der Waals surface area (Å²) in [5.41, 5.74) is 1.06. The van der Waals surface area contributed by atoms with Gasteiger partial charge in [-0.05, 0) is 62.9 Å². The second-order valence-corrected chi connectivity index (χ2v) is 9.33. The average molecular weight is 460 g/mol. The van der Waals surface area contributed by atoms with Crippen molar-refractivity contribution in [3.8, 4) is 11.5 Å². The number of hydrogen-bond donors (Lipinski definition) is 1. The van der Waals surface area contributed by atoms with Gasteiger partial charge in [-0.1, -0.05) is 6.07 Å². The summed E-state index contributed by atoms with van der Waals surface area (Å²) in [6, 6.07) is 9.97. The van der Waals surface area contributed by atoms with E-state index in [1.165, 1.54) is 4.88 Å². The lowest BCUT2D eigenvalue weighted by atomic mass is 10.1. The minimum atomic E-state index is -0.157. The van der Waals surface area contributed by atoms with E-state index in [0.29, 0.717) is 37.6 Å². The maximum atomic E-state index is 13.3. The Balaban J connectivity index is 1.72. The highest BCUT2D eigenvalue weighted by Crippen LogP contribution is 2.29. The maximum Gasteiger partial charge on any atom is 0.318 e. The highest BCUT2D eigenvalue weighted by Gasteiger charge is 2.34. The predicted octanol–water partition coefficient (Wildman–Crippen LogP) is 3.84. The van der Waals surface area contributed by atoms with Crippen LogP contribution >= 0.6 is 11.3 Å². The molecule has 0 bridgehead atoms. The number of hydrogen-bond acceptors (Lipinski definition) is 5. The quantitative estimate of drug-likeness (QED) is 0.554. The molecule has 1 saturated carbocycles. The van der Waals surface area contributed by atoms with Crippen molar-refractivity contribution in [3.05, 3.63) is 45.6 Å². The number of amides is 3. The van der Waals surface area contributed by atoms with Gasteiger partial charge in [0.05, 0.1) is 20.8 Å². The summed E-state index contributed by atoms with van der Waals surface area (Å²) < 4.78 is 10.7. The average Bonchev–Trinajstić information content (AvgIpc) is 3.55.